The molecule has 0 atom stereocenters. The van der Waals surface area contributed by atoms with Crippen molar-refractivity contribution < 1.29 is 33.3 Å². The highest BCUT2D eigenvalue weighted by Crippen LogP contribution is 2.29. The number of carbonyl (C=O) groups is 2. The number of rotatable bonds is 21. The maximum absolute atomic E-state index is 12.8. The summed E-state index contributed by atoms with van der Waals surface area (Å²) in [5, 5.41) is 5.59. The Balaban J connectivity index is 1.54. The number of anilines is 2. The normalized spacial score (nSPS) is 11.3. The van der Waals surface area contributed by atoms with Crippen LogP contribution in [-0.4, -0.2) is 58.4 Å². The smallest absolute Gasteiger partial charge is 0.417 e. The van der Waals surface area contributed by atoms with Crippen LogP contribution in [0.5, 0.6) is 5.75 Å². The van der Waals surface area contributed by atoms with Gasteiger partial charge in [-0.15, -0.1) is 26.3 Å². The summed E-state index contributed by atoms with van der Waals surface area (Å²) < 4.78 is 28.5. The van der Waals surface area contributed by atoms with Gasteiger partial charge in [-0.25, -0.2) is 9.59 Å². The largest absolute Gasteiger partial charge is 0.448 e. The monoisotopic (exact) mass is 696 g/mol. The van der Waals surface area contributed by atoms with E-state index in [2.05, 4.69) is 63.8 Å². The van der Waals surface area contributed by atoms with Crippen molar-refractivity contribution in [2.75, 3.05) is 56.9 Å². The molecule has 9 heteroatoms. The molecule has 0 aliphatic rings. The lowest BCUT2D eigenvalue weighted by atomic mass is 9.85. The minimum Gasteiger partial charge on any atom is -0.448 e. The van der Waals surface area contributed by atoms with Crippen LogP contribution in [0.15, 0.2) is 117 Å². The summed E-state index contributed by atoms with van der Waals surface area (Å²) in [6.45, 7) is 23.1. The van der Waals surface area contributed by atoms with Crippen LogP contribution < -0.4 is 15.4 Å². The van der Waals surface area contributed by atoms with E-state index in [0.29, 0.717) is 49.8 Å². The standard InChI is InChI=1S/C42H52N2O7/c1-8-12-34-27-35(41(5,6)7)17-22-38(34)51-40(46)44-37-20-15-33(16-21-37)26-32-13-18-36(19-14-32)43-39(45)50-31-42(28-47-23-9-2,29-48-24-10-3)30-49-25-11-4/h8-11,13-22,27H,1-4,12,23-26,28-31H2,5-7H3,(H,43,45)(H,44,46). The maximum atomic E-state index is 12.8. The lowest BCUT2D eigenvalue weighted by Crippen LogP contribution is -2.42. The third-order valence-electron chi connectivity index (χ3n) is 7.74. The van der Waals surface area contributed by atoms with E-state index in [-0.39, 0.29) is 31.8 Å². The first kappa shape index (κ1) is 40.5. The van der Waals surface area contributed by atoms with Gasteiger partial charge in [0.15, 0.2) is 0 Å². The number of allylic oxidation sites excluding steroid dienone is 1. The Bertz CT molecular complexity index is 1550. The Hall–Kier alpha value is -4.96. The molecule has 51 heavy (non-hydrogen) atoms. The fourth-order valence-electron chi connectivity index (χ4n) is 5.05. The summed E-state index contributed by atoms with van der Waals surface area (Å²) in [7, 11) is 0. The molecule has 3 aromatic rings. The topological polar surface area (TPSA) is 104 Å². The molecule has 0 unspecified atom stereocenters. The van der Waals surface area contributed by atoms with E-state index in [1.165, 1.54) is 0 Å². The average molecular weight is 697 g/mol. The van der Waals surface area contributed by atoms with Gasteiger partial charge in [0.05, 0.1) is 45.1 Å². The Labute approximate surface area is 303 Å². The molecule has 0 fully saturated rings. The van der Waals surface area contributed by atoms with Crippen LogP contribution in [0.25, 0.3) is 0 Å². The first-order valence-electron chi connectivity index (χ1n) is 16.9. The number of hydrogen-bond donors (Lipinski definition) is 2. The highest BCUT2D eigenvalue weighted by atomic mass is 16.6. The molecule has 2 amide bonds. The second kappa shape index (κ2) is 20.7. The minimum absolute atomic E-state index is 0.00577. The van der Waals surface area contributed by atoms with Crippen LogP contribution in [0, 0.1) is 5.41 Å². The molecule has 0 aliphatic carbocycles. The summed E-state index contributed by atoms with van der Waals surface area (Å²) in [4.78, 5) is 25.5. The molecule has 272 valence electrons. The van der Waals surface area contributed by atoms with Gasteiger partial charge in [0.25, 0.3) is 0 Å². The second-order valence-electron chi connectivity index (χ2n) is 13.3. The van der Waals surface area contributed by atoms with Gasteiger partial charge >= 0.3 is 12.2 Å². The average Bonchev–Trinajstić information content (AvgIpc) is 3.10. The van der Waals surface area contributed by atoms with Gasteiger partial charge in [-0.2, -0.15) is 0 Å². The molecule has 3 aromatic carbocycles. The summed E-state index contributed by atoms with van der Waals surface area (Å²) in [5.41, 5.74) is 4.60. The summed E-state index contributed by atoms with van der Waals surface area (Å²) in [6.07, 6.45) is 6.82. The quantitative estimate of drug-likeness (QED) is 0.0846. The van der Waals surface area contributed by atoms with E-state index >= 15 is 0 Å². The van der Waals surface area contributed by atoms with Crippen molar-refractivity contribution in [1.82, 2.24) is 0 Å². The van der Waals surface area contributed by atoms with E-state index < -0.39 is 17.6 Å². The van der Waals surface area contributed by atoms with Crippen molar-refractivity contribution >= 4 is 23.6 Å². The number of carbonyl (C=O) groups excluding carboxylic acids is 2. The summed E-state index contributed by atoms with van der Waals surface area (Å²) in [6, 6.07) is 21.0. The lowest BCUT2D eigenvalue weighted by molar-refractivity contribution is -0.0828. The highest BCUT2D eigenvalue weighted by Gasteiger charge is 2.34. The zero-order valence-corrected chi connectivity index (χ0v) is 30.2. The Morgan fingerprint density at radius 3 is 1.59 bits per heavy atom. The minimum atomic E-state index is -0.741. The molecular weight excluding hydrogens is 644 g/mol. The van der Waals surface area contributed by atoms with Crippen molar-refractivity contribution in [3.8, 4) is 5.75 Å². The molecule has 0 aromatic heterocycles. The Kier molecular flexibility index (Phi) is 16.4. The number of amides is 2. The van der Waals surface area contributed by atoms with Gasteiger partial charge in [0.1, 0.15) is 12.4 Å². The van der Waals surface area contributed by atoms with Gasteiger partial charge < -0.3 is 23.7 Å². The van der Waals surface area contributed by atoms with E-state index in [0.717, 1.165) is 22.3 Å². The van der Waals surface area contributed by atoms with Crippen molar-refractivity contribution in [3.05, 3.63) is 140 Å². The van der Waals surface area contributed by atoms with Crippen LogP contribution in [-0.2, 0) is 37.2 Å². The van der Waals surface area contributed by atoms with E-state index in [1.807, 2.05) is 60.7 Å². The maximum Gasteiger partial charge on any atom is 0.417 e. The van der Waals surface area contributed by atoms with E-state index in [4.69, 9.17) is 23.7 Å². The third kappa shape index (κ3) is 14.1. The fraction of sp³-hybridized carbons (Fsp3) is 0.333. The molecule has 2 N–H and O–H groups in total. The van der Waals surface area contributed by atoms with Crippen molar-refractivity contribution in [3.63, 3.8) is 0 Å². The lowest BCUT2D eigenvalue weighted by Gasteiger charge is -2.32. The molecule has 0 saturated heterocycles. The van der Waals surface area contributed by atoms with Crippen LogP contribution in [0.2, 0.25) is 0 Å². The van der Waals surface area contributed by atoms with Gasteiger partial charge in [-0.1, -0.05) is 81.5 Å². The van der Waals surface area contributed by atoms with Crippen LogP contribution in [0.3, 0.4) is 0 Å². The van der Waals surface area contributed by atoms with Crippen molar-refractivity contribution in [2.24, 2.45) is 5.41 Å². The number of nitrogens with one attached hydrogen (secondary N) is 2. The first-order chi connectivity index (χ1) is 24.5. The number of benzene rings is 3. The van der Waals surface area contributed by atoms with Crippen molar-refractivity contribution in [1.29, 1.82) is 0 Å². The fourth-order valence-corrected chi connectivity index (χ4v) is 5.05. The molecule has 0 aliphatic heterocycles. The Morgan fingerprint density at radius 1 is 0.647 bits per heavy atom. The van der Waals surface area contributed by atoms with Crippen LogP contribution in [0.4, 0.5) is 21.0 Å². The van der Waals surface area contributed by atoms with Gasteiger partial charge in [0.2, 0.25) is 0 Å². The molecule has 9 nitrogen and oxygen atoms in total. The SMILES string of the molecule is C=CCOCC(COCC=C)(COCC=C)COC(=O)Nc1ccc(Cc2ccc(NC(=O)Oc3ccc(C(C)(C)C)cc3CC=C)cc2)cc1. The van der Waals surface area contributed by atoms with Gasteiger partial charge in [-0.05, 0) is 70.8 Å². The van der Waals surface area contributed by atoms with E-state index in [9.17, 15) is 9.59 Å². The van der Waals surface area contributed by atoms with Crippen LogP contribution in [0.1, 0.15) is 43.0 Å². The van der Waals surface area contributed by atoms with Gasteiger partial charge in [-0.3, -0.25) is 10.6 Å². The molecule has 0 bridgehead atoms. The molecule has 3 rings (SSSR count). The van der Waals surface area contributed by atoms with Crippen LogP contribution >= 0.6 is 0 Å². The Morgan fingerprint density at radius 2 is 1.14 bits per heavy atom. The summed E-state index contributed by atoms with van der Waals surface area (Å²) >= 11 is 0. The zero-order chi connectivity index (χ0) is 37.1. The zero-order valence-electron chi connectivity index (χ0n) is 30.2. The first-order valence-corrected chi connectivity index (χ1v) is 16.9. The number of hydrogen-bond acceptors (Lipinski definition) is 7. The number of ether oxygens (including phenoxy) is 5. The molecular formula is C42H52N2O7. The molecule has 0 heterocycles. The van der Waals surface area contributed by atoms with Gasteiger partial charge in [0, 0.05) is 11.4 Å². The van der Waals surface area contributed by atoms with Crippen molar-refractivity contribution in [2.45, 2.75) is 39.0 Å². The molecule has 0 saturated carbocycles. The third-order valence-corrected chi connectivity index (χ3v) is 7.74. The van der Waals surface area contributed by atoms with E-state index in [1.54, 1.807) is 24.3 Å². The second-order valence-corrected chi connectivity index (χ2v) is 13.3. The highest BCUT2D eigenvalue weighted by molar-refractivity contribution is 5.86. The molecule has 0 spiro atoms. The predicted molar refractivity (Wildman–Crippen MR) is 205 cm³/mol. The molecule has 0 radical (unpaired) electrons. The summed E-state index contributed by atoms with van der Waals surface area (Å²) in [5.74, 6) is 0.507. The predicted octanol–water partition coefficient (Wildman–Crippen LogP) is 9.06.